The molecule has 0 aliphatic rings. The third-order valence-electron chi connectivity index (χ3n) is 3.81. The monoisotopic (exact) mass is 214 g/mol. The minimum Gasteiger partial charge on any atom is -0.104 e. The van der Waals surface area contributed by atoms with Gasteiger partial charge in [-0.15, -0.1) is 6.58 Å². The fraction of sp³-hybridized carbons (Fsp3) is 0.467. The summed E-state index contributed by atoms with van der Waals surface area (Å²) < 4.78 is 0. The van der Waals surface area contributed by atoms with Crippen LogP contribution in [0.4, 0.5) is 0 Å². The minimum atomic E-state index is 0.405. The molecule has 0 spiro atoms. The summed E-state index contributed by atoms with van der Waals surface area (Å²) in [6.07, 6.45) is 2.43. The van der Waals surface area contributed by atoms with Crippen LogP contribution in [0.5, 0.6) is 0 Å². The molecular weight excluding hydrogens is 191 g/mol. The van der Waals surface area contributed by atoms with E-state index in [1.165, 1.54) is 29.4 Å². The van der Waals surface area contributed by atoms with Gasteiger partial charge in [0, 0.05) is 0 Å². The normalized spacial score (nSPS) is 11.2. The van der Waals surface area contributed by atoms with Crippen LogP contribution < -0.4 is 0 Å². The van der Waals surface area contributed by atoms with Gasteiger partial charge in [0.15, 0.2) is 7.28 Å². The smallest absolute Gasteiger partial charge is 0.104 e. The lowest BCUT2D eigenvalue weighted by atomic mass is 9.46. The molecule has 0 saturated carbocycles. The molecule has 0 aromatic heterocycles. The zero-order valence-electron chi connectivity index (χ0n) is 11.1. The van der Waals surface area contributed by atoms with Crippen LogP contribution in [0, 0.1) is 6.92 Å². The Bertz CT molecular complexity index is 344. The van der Waals surface area contributed by atoms with Gasteiger partial charge in [0.25, 0.3) is 0 Å². The number of hydrogen-bond donors (Lipinski definition) is 0. The fourth-order valence-corrected chi connectivity index (χ4v) is 1.91. The second kappa shape index (κ2) is 5.38. The molecule has 1 rings (SSSR count). The molecule has 1 aromatic rings. The first kappa shape index (κ1) is 13.1. The maximum Gasteiger partial charge on any atom is 0.163 e. The van der Waals surface area contributed by atoms with E-state index in [0.29, 0.717) is 5.31 Å². The van der Waals surface area contributed by atoms with Crippen molar-refractivity contribution in [3.8, 4) is 0 Å². The van der Waals surface area contributed by atoms with Crippen LogP contribution in [0.15, 0.2) is 30.8 Å². The van der Waals surface area contributed by atoms with Crippen LogP contribution in [0.2, 0.25) is 5.31 Å². The van der Waals surface area contributed by atoms with E-state index in [1.54, 1.807) is 0 Å². The molecule has 86 valence electrons. The first-order chi connectivity index (χ1) is 7.50. The van der Waals surface area contributed by atoms with Crippen LogP contribution in [-0.4, -0.2) is 7.28 Å². The van der Waals surface area contributed by atoms with E-state index in [4.69, 9.17) is 0 Å². The Kier molecular flexibility index (Phi) is 4.40. The molecule has 0 unspecified atom stereocenters. The number of hydrogen-bond acceptors (Lipinski definition) is 0. The molecule has 0 nitrogen and oxygen atoms in total. The van der Waals surface area contributed by atoms with E-state index in [-0.39, 0.29) is 0 Å². The Labute approximate surface area is 101 Å². The Hall–Kier alpha value is -0.975. The van der Waals surface area contributed by atoms with Gasteiger partial charge in [-0.05, 0) is 12.5 Å². The van der Waals surface area contributed by atoms with Gasteiger partial charge in [0.05, 0.1) is 0 Å². The van der Waals surface area contributed by atoms with Crippen LogP contribution in [0.25, 0.3) is 5.47 Å². The molecule has 0 N–H and O–H groups in total. The Balaban J connectivity index is 2.76. The van der Waals surface area contributed by atoms with E-state index in [1.807, 2.05) is 0 Å². The molecule has 0 radical (unpaired) electrons. The summed E-state index contributed by atoms with van der Waals surface area (Å²) in [6.45, 7) is 13.2. The molecule has 0 saturated heterocycles. The third-order valence-corrected chi connectivity index (χ3v) is 3.81. The van der Waals surface area contributed by atoms with Crippen molar-refractivity contribution in [1.29, 1.82) is 0 Å². The zero-order valence-corrected chi connectivity index (χ0v) is 11.1. The van der Waals surface area contributed by atoms with E-state index >= 15 is 0 Å². The summed E-state index contributed by atoms with van der Waals surface area (Å²) in [6, 6.07) is 8.69. The Morgan fingerprint density at radius 3 is 2.12 bits per heavy atom. The highest BCUT2D eigenvalue weighted by Crippen LogP contribution is 2.35. The van der Waals surface area contributed by atoms with E-state index in [2.05, 4.69) is 58.5 Å². The van der Waals surface area contributed by atoms with E-state index in [0.717, 1.165) is 7.28 Å². The van der Waals surface area contributed by atoms with Gasteiger partial charge >= 0.3 is 0 Å². The first-order valence-electron chi connectivity index (χ1n) is 6.25. The molecule has 1 heteroatoms. The number of aryl methyl sites for hydroxylation is 1. The van der Waals surface area contributed by atoms with Gasteiger partial charge in [0.1, 0.15) is 0 Å². The van der Waals surface area contributed by atoms with Crippen molar-refractivity contribution in [1.82, 2.24) is 0 Å². The topological polar surface area (TPSA) is 0 Å². The number of rotatable bonds is 5. The first-order valence-corrected chi connectivity index (χ1v) is 6.25. The maximum absolute atomic E-state index is 4.24. The average Bonchev–Trinajstić information content (AvgIpc) is 2.29. The molecule has 0 atom stereocenters. The van der Waals surface area contributed by atoms with Gasteiger partial charge in [0.2, 0.25) is 0 Å². The van der Waals surface area contributed by atoms with Crippen LogP contribution in [-0.2, 0) is 0 Å². The van der Waals surface area contributed by atoms with Crippen molar-refractivity contribution in [2.24, 2.45) is 0 Å². The fourth-order valence-electron chi connectivity index (χ4n) is 1.91. The molecule has 0 aliphatic carbocycles. The molecule has 0 amide bonds. The summed E-state index contributed by atoms with van der Waals surface area (Å²) in [5, 5.41) is 0.405. The predicted octanol–water partition coefficient (Wildman–Crippen LogP) is 4.40. The standard InChI is InChI=1S/C15H23B/c1-6-15(5,7-2)16-13(4)14-10-8-12(3)9-11-14/h8-11,16H,4,6-7H2,1-3,5H3. The highest BCUT2D eigenvalue weighted by atomic mass is 14.1. The quantitative estimate of drug-likeness (QED) is 0.637. The summed E-state index contributed by atoms with van der Waals surface area (Å²) in [4.78, 5) is 0. The van der Waals surface area contributed by atoms with Gasteiger partial charge in [-0.2, -0.15) is 0 Å². The molecule has 1 aromatic carbocycles. The maximum atomic E-state index is 4.24. The molecule has 0 aliphatic heterocycles. The van der Waals surface area contributed by atoms with Gasteiger partial charge in [-0.3, -0.25) is 0 Å². The van der Waals surface area contributed by atoms with E-state index in [9.17, 15) is 0 Å². The summed E-state index contributed by atoms with van der Waals surface area (Å²) in [5.41, 5.74) is 3.87. The van der Waals surface area contributed by atoms with Crippen molar-refractivity contribution in [2.75, 3.05) is 0 Å². The Morgan fingerprint density at radius 1 is 1.19 bits per heavy atom. The summed E-state index contributed by atoms with van der Waals surface area (Å²) >= 11 is 0. The molecule has 0 bridgehead atoms. The second-order valence-electron chi connectivity index (χ2n) is 5.16. The summed E-state index contributed by atoms with van der Waals surface area (Å²) in [5.74, 6) is 0. The lowest BCUT2D eigenvalue weighted by molar-refractivity contribution is 0.566. The molecule has 16 heavy (non-hydrogen) atoms. The van der Waals surface area contributed by atoms with Gasteiger partial charge in [-0.25, -0.2) is 0 Å². The van der Waals surface area contributed by atoms with Gasteiger partial charge < -0.3 is 0 Å². The SMILES string of the molecule is C=C(BC(C)(CC)CC)c1ccc(C)cc1. The second-order valence-corrected chi connectivity index (χ2v) is 5.16. The third kappa shape index (κ3) is 3.26. The molecule has 0 heterocycles. The lowest BCUT2D eigenvalue weighted by Crippen LogP contribution is -2.16. The van der Waals surface area contributed by atoms with Crippen LogP contribution >= 0.6 is 0 Å². The minimum absolute atomic E-state index is 0.405. The van der Waals surface area contributed by atoms with Crippen molar-refractivity contribution in [3.63, 3.8) is 0 Å². The van der Waals surface area contributed by atoms with Crippen LogP contribution in [0.1, 0.15) is 44.7 Å². The highest BCUT2D eigenvalue weighted by molar-refractivity contribution is 6.63. The van der Waals surface area contributed by atoms with Crippen LogP contribution in [0.3, 0.4) is 0 Å². The van der Waals surface area contributed by atoms with Crippen molar-refractivity contribution in [3.05, 3.63) is 42.0 Å². The summed E-state index contributed by atoms with van der Waals surface area (Å²) in [7, 11) is 1.10. The average molecular weight is 214 g/mol. The van der Waals surface area contributed by atoms with Crippen molar-refractivity contribution < 1.29 is 0 Å². The predicted molar refractivity (Wildman–Crippen MR) is 76.3 cm³/mol. The van der Waals surface area contributed by atoms with Crippen molar-refractivity contribution >= 4 is 12.8 Å². The number of benzene rings is 1. The largest absolute Gasteiger partial charge is 0.163 e. The van der Waals surface area contributed by atoms with Crippen molar-refractivity contribution in [2.45, 2.75) is 45.9 Å². The Morgan fingerprint density at radius 2 is 1.69 bits per heavy atom. The molecule has 0 fully saturated rings. The lowest BCUT2D eigenvalue weighted by Gasteiger charge is -2.26. The highest BCUT2D eigenvalue weighted by Gasteiger charge is 2.22. The van der Waals surface area contributed by atoms with E-state index < -0.39 is 0 Å². The zero-order chi connectivity index (χ0) is 12.2. The molecular formula is C15H23B. The van der Waals surface area contributed by atoms with Gasteiger partial charge in [-0.1, -0.05) is 74.2 Å².